The summed E-state index contributed by atoms with van der Waals surface area (Å²) in [7, 11) is -2.92. The zero-order valence-corrected chi connectivity index (χ0v) is 15.8. The van der Waals surface area contributed by atoms with Crippen molar-refractivity contribution in [1.29, 1.82) is 0 Å². The first-order chi connectivity index (χ1) is 11.5. The summed E-state index contributed by atoms with van der Waals surface area (Å²) >= 11 is 1.64. The molecule has 1 aliphatic rings. The zero-order chi connectivity index (χ0) is 17.2. The molecule has 0 unspecified atom stereocenters. The van der Waals surface area contributed by atoms with Gasteiger partial charge >= 0.3 is 0 Å². The van der Waals surface area contributed by atoms with E-state index < -0.39 is 9.84 Å². The van der Waals surface area contributed by atoms with Gasteiger partial charge in [0.05, 0.1) is 16.4 Å². The van der Waals surface area contributed by atoms with Gasteiger partial charge in [-0.1, -0.05) is 0 Å². The first-order valence-corrected chi connectivity index (χ1v) is 10.9. The van der Waals surface area contributed by atoms with Crippen LogP contribution in [-0.4, -0.2) is 67.0 Å². The lowest BCUT2D eigenvalue weighted by Gasteiger charge is -2.35. The highest BCUT2D eigenvalue weighted by Gasteiger charge is 2.21. The highest BCUT2D eigenvalue weighted by Crippen LogP contribution is 2.27. The third kappa shape index (κ3) is 3.87. The maximum atomic E-state index is 11.9. The van der Waals surface area contributed by atoms with Gasteiger partial charge in [0.2, 0.25) is 0 Å². The lowest BCUT2D eigenvalue weighted by atomic mass is 10.2. The highest BCUT2D eigenvalue weighted by atomic mass is 32.2. The average Bonchev–Trinajstić information content (AvgIpc) is 3.04. The maximum absolute atomic E-state index is 11.9. The predicted molar refractivity (Wildman–Crippen MR) is 99.6 cm³/mol. The van der Waals surface area contributed by atoms with Crippen LogP contribution in [0.3, 0.4) is 0 Å². The molecule has 1 fully saturated rings. The Bertz CT molecular complexity index is 780. The molecule has 0 N–H and O–H groups in total. The van der Waals surface area contributed by atoms with Gasteiger partial charge in [0.1, 0.15) is 17.0 Å². The van der Waals surface area contributed by atoms with Crippen LogP contribution in [-0.2, 0) is 9.84 Å². The van der Waals surface area contributed by atoms with Crippen LogP contribution in [0.5, 0.6) is 0 Å². The van der Waals surface area contributed by atoms with Crippen LogP contribution >= 0.6 is 11.3 Å². The number of nitrogens with zero attached hydrogens (tertiary/aromatic N) is 4. The zero-order valence-electron chi connectivity index (χ0n) is 14.2. The van der Waals surface area contributed by atoms with Gasteiger partial charge in [-0.3, -0.25) is 4.90 Å². The minimum Gasteiger partial charge on any atom is -0.353 e. The van der Waals surface area contributed by atoms with Crippen molar-refractivity contribution < 1.29 is 8.42 Å². The van der Waals surface area contributed by atoms with Gasteiger partial charge in [0, 0.05) is 26.2 Å². The molecule has 1 aliphatic heterocycles. The van der Waals surface area contributed by atoms with Gasteiger partial charge in [-0.25, -0.2) is 18.4 Å². The van der Waals surface area contributed by atoms with Crippen LogP contribution in [0.15, 0.2) is 17.8 Å². The summed E-state index contributed by atoms with van der Waals surface area (Å²) in [5.74, 6) is 1.30. The molecular weight excluding hydrogens is 344 g/mol. The Balaban J connectivity index is 1.52. The van der Waals surface area contributed by atoms with Crippen molar-refractivity contribution in [3.05, 3.63) is 17.8 Å². The molecule has 0 radical (unpaired) electrons. The predicted octanol–water partition coefficient (Wildman–Crippen LogP) is 2.03. The van der Waals surface area contributed by atoms with Crippen LogP contribution in [0, 0.1) is 0 Å². The van der Waals surface area contributed by atoms with Crippen molar-refractivity contribution in [2.24, 2.45) is 0 Å². The van der Waals surface area contributed by atoms with E-state index in [1.807, 2.05) is 5.38 Å². The monoisotopic (exact) mass is 368 g/mol. The number of fused-ring (bicyclic) bond motifs is 1. The van der Waals surface area contributed by atoms with E-state index in [4.69, 9.17) is 0 Å². The van der Waals surface area contributed by atoms with Crippen molar-refractivity contribution in [3.63, 3.8) is 0 Å². The standard InChI is InChI=1S/C16H24N4O2S2/c1-13(2)24(21,22)11-3-5-19-6-8-20(9-7-19)15-14-4-10-23-16(14)18-12-17-15/h4,10,12-13H,3,5-9,11H2,1-2H3. The number of anilines is 1. The summed E-state index contributed by atoms with van der Waals surface area (Å²) in [4.78, 5) is 14.4. The summed E-state index contributed by atoms with van der Waals surface area (Å²) < 4.78 is 23.7. The SMILES string of the molecule is CC(C)S(=O)(=O)CCCN1CCN(c2ncnc3sccc23)CC1. The number of thiophene rings is 1. The Labute approximate surface area is 147 Å². The third-order valence-electron chi connectivity index (χ3n) is 4.53. The lowest BCUT2D eigenvalue weighted by Crippen LogP contribution is -2.47. The summed E-state index contributed by atoms with van der Waals surface area (Å²) in [6, 6.07) is 2.08. The molecule has 0 saturated carbocycles. The van der Waals surface area contributed by atoms with Gasteiger partial charge < -0.3 is 4.90 Å². The first-order valence-electron chi connectivity index (χ1n) is 8.34. The largest absolute Gasteiger partial charge is 0.353 e. The van der Waals surface area contributed by atoms with Crippen molar-refractivity contribution >= 4 is 37.2 Å². The Morgan fingerprint density at radius 1 is 1.21 bits per heavy atom. The van der Waals surface area contributed by atoms with Crippen LogP contribution < -0.4 is 4.90 Å². The molecule has 0 atom stereocenters. The molecule has 3 heterocycles. The molecule has 8 heteroatoms. The molecule has 132 valence electrons. The lowest BCUT2D eigenvalue weighted by molar-refractivity contribution is 0.258. The second kappa shape index (κ2) is 7.33. The van der Waals surface area contributed by atoms with Gasteiger partial charge in [-0.15, -0.1) is 11.3 Å². The molecule has 2 aromatic rings. The number of piperazine rings is 1. The molecular formula is C16H24N4O2S2. The van der Waals surface area contributed by atoms with Crippen molar-refractivity contribution in [3.8, 4) is 0 Å². The van der Waals surface area contributed by atoms with Crippen molar-refractivity contribution in [1.82, 2.24) is 14.9 Å². The normalized spacial score (nSPS) is 17.0. The van der Waals surface area contributed by atoms with Crippen molar-refractivity contribution in [2.75, 3.05) is 43.4 Å². The Morgan fingerprint density at radius 3 is 2.67 bits per heavy atom. The van der Waals surface area contributed by atoms with Gasteiger partial charge in [-0.2, -0.15) is 0 Å². The van der Waals surface area contributed by atoms with Gasteiger partial charge in [0.25, 0.3) is 0 Å². The Hall–Kier alpha value is -1.25. The van der Waals surface area contributed by atoms with Crippen LogP contribution in [0.2, 0.25) is 0 Å². The molecule has 0 bridgehead atoms. The van der Waals surface area contributed by atoms with E-state index in [-0.39, 0.29) is 11.0 Å². The molecule has 0 aromatic carbocycles. The molecule has 3 rings (SSSR count). The molecule has 0 aliphatic carbocycles. The summed E-state index contributed by atoms with van der Waals surface area (Å²) in [5, 5.41) is 2.90. The molecule has 0 spiro atoms. The summed E-state index contributed by atoms with van der Waals surface area (Å²) in [5.41, 5.74) is 0. The number of sulfone groups is 1. The van der Waals surface area contributed by atoms with Crippen LogP contribution in [0.25, 0.3) is 10.2 Å². The van der Waals surface area contributed by atoms with Crippen LogP contribution in [0.4, 0.5) is 5.82 Å². The highest BCUT2D eigenvalue weighted by molar-refractivity contribution is 7.91. The Morgan fingerprint density at radius 2 is 1.96 bits per heavy atom. The minimum absolute atomic E-state index is 0.278. The quantitative estimate of drug-likeness (QED) is 0.777. The second-order valence-corrected chi connectivity index (χ2v) is 10.0. The fourth-order valence-electron chi connectivity index (χ4n) is 2.94. The molecule has 0 amide bonds. The van der Waals surface area contributed by atoms with E-state index in [1.165, 1.54) is 0 Å². The topological polar surface area (TPSA) is 66.4 Å². The minimum atomic E-state index is -2.92. The van der Waals surface area contributed by atoms with E-state index >= 15 is 0 Å². The van der Waals surface area contributed by atoms with E-state index in [0.29, 0.717) is 6.42 Å². The van der Waals surface area contributed by atoms with E-state index in [0.717, 1.165) is 48.8 Å². The van der Waals surface area contributed by atoms with Crippen LogP contribution in [0.1, 0.15) is 20.3 Å². The van der Waals surface area contributed by atoms with Gasteiger partial charge in [-0.05, 0) is 38.3 Å². The molecule has 2 aromatic heterocycles. The number of aromatic nitrogens is 2. The third-order valence-corrected chi connectivity index (χ3v) is 7.65. The van der Waals surface area contributed by atoms with E-state index in [9.17, 15) is 8.42 Å². The average molecular weight is 369 g/mol. The maximum Gasteiger partial charge on any atom is 0.152 e. The molecule has 24 heavy (non-hydrogen) atoms. The number of hydrogen-bond acceptors (Lipinski definition) is 7. The molecule has 6 nitrogen and oxygen atoms in total. The smallest absolute Gasteiger partial charge is 0.152 e. The fraction of sp³-hybridized carbons (Fsp3) is 0.625. The fourth-order valence-corrected chi connectivity index (χ4v) is 4.67. The van der Waals surface area contributed by atoms with Gasteiger partial charge in [0.15, 0.2) is 9.84 Å². The number of rotatable bonds is 6. The first kappa shape index (κ1) is 17.6. The molecule has 1 saturated heterocycles. The summed E-state index contributed by atoms with van der Waals surface area (Å²) in [6.45, 7) is 8.06. The van der Waals surface area contributed by atoms with E-state index in [1.54, 1.807) is 31.5 Å². The second-order valence-electron chi connectivity index (χ2n) is 6.43. The Kier molecular flexibility index (Phi) is 5.36. The van der Waals surface area contributed by atoms with E-state index in [2.05, 4.69) is 25.8 Å². The summed E-state index contributed by atoms with van der Waals surface area (Å²) in [6.07, 6.45) is 2.35. The number of hydrogen-bond donors (Lipinski definition) is 0. The van der Waals surface area contributed by atoms with Crippen molar-refractivity contribution in [2.45, 2.75) is 25.5 Å².